The lowest BCUT2D eigenvalue weighted by Crippen LogP contribution is -2.19. The molecular formula is C15H12Cl2N4O2. The zero-order valence-corrected chi connectivity index (χ0v) is 13.8. The van der Waals surface area contributed by atoms with Gasteiger partial charge in [-0.25, -0.2) is 9.78 Å². The van der Waals surface area contributed by atoms with Crippen LogP contribution in [0.25, 0.3) is 11.0 Å². The van der Waals surface area contributed by atoms with Crippen LogP contribution >= 0.6 is 23.2 Å². The predicted octanol–water partition coefficient (Wildman–Crippen LogP) is 2.83. The minimum atomic E-state index is -0.452. The minimum absolute atomic E-state index is 0.0816. The summed E-state index contributed by atoms with van der Waals surface area (Å²) in [5.41, 5.74) is 1.98. The van der Waals surface area contributed by atoms with E-state index in [1.807, 2.05) is 0 Å². The molecule has 6 nitrogen and oxygen atoms in total. The SMILES string of the molecule is Cn1c(=O)n(C)c2cc(NC(=O)c3ncc(Cl)cc3Cl)ccc21. The summed E-state index contributed by atoms with van der Waals surface area (Å²) < 4.78 is 3.05. The van der Waals surface area contributed by atoms with Crippen molar-refractivity contribution in [3.8, 4) is 0 Å². The summed E-state index contributed by atoms with van der Waals surface area (Å²) in [5, 5.41) is 3.24. The van der Waals surface area contributed by atoms with Crippen molar-refractivity contribution in [1.29, 1.82) is 0 Å². The first-order valence-corrected chi connectivity index (χ1v) is 7.42. The van der Waals surface area contributed by atoms with E-state index in [1.165, 1.54) is 16.8 Å². The molecule has 0 unspecified atom stereocenters. The average Bonchev–Trinajstić information content (AvgIpc) is 2.72. The van der Waals surface area contributed by atoms with Crippen molar-refractivity contribution in [3.05, 3.63) is 56.7 Å². The van der Waals surface area contributed by atoms with E-state index in [4.69, 9.17) is 23.2 Å². The minimum Gasteiger partial charge on any atom is -0.321 e. The van der Waals surface area contributed by atoms with Crippen molar-refractivity contribution in [2.45, 2.75) is 0 Å². The summed E-state index contributed by atoms with van der Waals surface area (Å²) >= 11 is 11.7. The number of aromatic nitrogens is 3. The third kappa shape index (κ3) is 2.71. The highest BCUT2D eigenvalue weighted by Crippen LogP contribution is 2.21. The van der Waals surface area contributed by atoms with Crippen LogP contribution in [0.4, 0.5) is 5.69 Å². The van der Waals surface area contributed by atoms with Crippen LogP contribution in [0.1, 0.15) is 10.5 Å². The van der Waals surface area contributed by atoms with E-state index < -0.39 is 5.91 Å². The summed E-state index contributed by atoms with van der Waals surface area (Å²) in [6, 6.07) is 6.65. The Bertz CT molecular complexity index is 991. The molecule has 0 saturated heterocycles. The van der Waals surface area contributed by atoms with Gasteiger partial charge in [-0.15, -0.1) is 0 Å². The molecule has 2 heterocycles. The van der Waals surface area contributed by atoms with Gasteiger partial charge in [-0.2, -0.15) is 0 Å². The maximum atomic E-state index is 12.3. The van der Waals surface area contributed by atoms with Gasteiger partial charge in [0, 0.05) is 26.0 Å². The Morgan fingerprint density at radius 3 is 2.52 bits per heavy atom. The van der Waals surface area contributed by atoms with Gasteiger partial charge in [0.25, 0.3) is 5.91 Å². The van der Waals surface area contributed by atoms with Crippen molar-refractivity contribution in [3.63, 3.8) is 0 Å². The highest BCUT2D eigenvalue weighted by molar-refractivity contribution is 6.36. The van der Waals surface area contributed by atoms with Crippen molar-refractivity contribution in [2.24, 2.45) is 14.1 Å². The number of nitrogens with zero attached hydrogens (tertiary/aromatic N) is 3. The Morgan fingerprint density at radius 1 is 1.13 bits per heavy atom. The molecule has 1 N–H and O–H groups in total. The highest BCUT2D eigenvalue weighted by Gasteiger charge is 2.14. The second-order valence-corrected chi connectivity index (χ2v) is 5.89. The van der Waals surface area contributed by atoms with Gasteiger partial charge in [0.15, 0.2) is 0 Å². The zero-order chi connectivity index (χ0) is 16.7. The number of rotatable bonds is 2. The lowest BCUT2D eigenvalue weighted by atomic mass is 10.2. The van der Waals surface area contributed by atoms with Crippen molar-refractivity contribution in [2.75, 3.05) is 5.32 Å². The van der Waals surface area contributed by atoms with Crippen molar-refractivity contribution < 1.29 is 4.79 Å². The van der Waals surface area contributed by atoms with E-state index in [0.717, 1.165) is 5.52 Å². The monoisotopic (exact) mass is 350 g/mol. The molecule has 118 valence electrons. The fourth-order valence-electron chi connectivity index (χ4n) is 2.36. The third-order valence-corrected chi connectivity index (χ3v) is 4.05. The lowest BCUT2D eigenvalue weighted by molar-refractivity contribution is 0.102. The van der Waals surface area contributed by atoms with Crippen LogP contribution in [-0.2, 0) is 14.1 Å². The molecule has 3 aromatic rings. The van der Waals surface area contributed by atoms with Crippen LogP contribution in [0.5, 0.6) is 0 Å². The van der Waals surface area contributed by atoms with E-state index in [9.17, 15) is 9.59 Å². The summed E-state index contributed by atoms with van der Waals surface area (Å²) in [4.78, 5) is 28.1. The molecule has 23 heavy (non-hydrogen) atoms. The van der Waals surface area contributed by atoms with Crippen LogP contribution in [0.15, 0.2) is 35.3 Å². The maximum Gasteiger partial charge on any atom is 0.328 e. The molecule has 0 bridgehead atoms. The predicted molar refractivity (Wildman–Crippen MR) is 90.4 cm³/mol. The number of hydrogen-bond donors (Lipinski definition) is 1. The van der Waals surface area contributed by atoms with Gasteiger partial charge in [0.05, 0.1) is 21.1 Å². The largest absolute Gasteiger partial charge is 0.328 e. The first-order chi connectivity index (χ1) is 10.9. The molecule has 0 aliphatic carbocycles. The number of anilines is 1. The summed E-state index contributed by atoms with van der Waals surface area (Å²) in [6.45, 7) is 0. The highest BCUT2D eigenvalue weighted by atomic mass is 35.5. The summed E-state index contributed by atoms with van der Waals surface area (Å²) in [6.07, 6.45) is 1.35. The molecule has 1 amide bonds. The summed E-state index contributed by atoms with van der Waals surface area (Å²) in [7, 11) is 3.37. The first kappa shape index (κ1) is 15.6. The molecule has 0 spiro atoms. The van der Waals surface area contributed by atoms with E-state index in [1.54, 1.807) is 36.9 Å². The summed E-state index contributed by atoms with van der Waals surface area (Å²) in [5.74, 6) is -0.452. The number of carbonyl (C=O) groups is 1. The van der Waals surface area contributed by atoms with Crippen molar-refractivity contribution in [1.82, 2.24) is 14.1 Å². The average molecular weight is 351 g/mol. The molecule has 3 rings (SSSR count). The number of aryl methyl sites for hydroxylation is 2. The number of imidazole rings is 1. The number of nitrogens with one attached hydrogen (secondary N) is 1. The fourth-order valence-corrected chi connectivity index (χ4v) is 2.82. The van der Waals surface area contributed by atoms with Gasteiger partial charge in [-0.05, 0) is 24.3 Å². The number of benzene rings is 1. The quantitative estimate of drug-likeness (QED) is 0.772. The molecule has 8 heteroatoms. The Kier molecular flexibility index (Phi) is 3.87. The number of hydrogen-bond acceptors (Lipinski definition) is 3. The molecule has 0 aliphatic rings. The zero-order valence-electron chi connectivity index (χ0n) is 12.3. The Balaban J connectivity index is 1.97. The Labute approximate surface area is 141 Å². The lowest BCUT2D eigenvalue weighted by Gasteiger charge is -2.07. The molecule has 0 aliphatic heterocycles. The maximum absolute atomic E-state index is 12.3. The molecule has 0 atom stereocenters. The number of amides is 1. The van der Waals surface area contributed by atoms with Gasteiger partial charge < -0.3 is 5.32 Å². The number of fused-ring (bicyclic) bond motifs is 1. The molecule has 0 fully saturated rings. The Morgan fingerprint density at radius 2 is 1.83 bits per heavy atom. The molecule has 1 aromatic carbocycles. The van der Waals surface area contributed by atoms with Crippen LogP contribution < -0.4 is 11.0 Å². The van der Waals surface area contributed by atoms with Gasteiger partial charge in [0.1, 0.15) is 5.69 Å². The Hall–Kier alpha value is -2.31. The van der Waals surface area contributed by atoms with Crippen LogP contribution in [0.2, 0.25) is 10.0 Å². The van der Waals surface area contributed by atoms with E-state index in [0.29, 0.717) is 16.2 Å². The van der Waals surface area contributed by atoms with E-state index in [-0.39, 0.29) is 16.4 Å². The van der Waals surface area contributed by atoms with Crippen molar-refractivity contribution >= 4 is 45.8 Å². The molecule has 0 saturated carbocycles. The fraction of sp³-hybridized carbons (Fsp3) is 0.133. The van der Waals surface area contributed by atoms with Crippen LogP contribution in [-0.4, -0.2) is 20.0 Å². The van der Waals surface area contributed by atoms with Gasteiger partial charge >= 0.3 is 5.69 Å². The smallest absolute Gasteiger partial charge is 0.321 e. The standard InChI is InChI=1S/C15H12Cl2N4O2/c1-20-11-4-3-9(6-12(11)21(2)15(20)23)19-14(22)13-10(17)5-8(16)7-18-13/h3-7H,1-2H3,(H,19,22). The first-order valence-electron chi connectivity index (χ1n) is 6.66. The van der Waals surface area contributed by atoms with Crippen LogP contribution in [0.3, 0.4) is 0 Å². The van der Waals surface area contributed by atoms with Gasteiger partial charge in [0.2, 0.25) is 0 Å². The van der Waals surface area contributed by atoms with E-state index >= 15 is 0 Å². The number of halogens is 2. The third-order valence-electron chi connectivity index (χ3n) is 3.55. The second-order valence-electron chi connectivity index (χ2n) is 5.04. The molecular weight excluding hydrogens is 339 g/mol. The molecule has 2 aromatic heterocycles. The van der Waals surface area contributed by atoms with Gasteiger partial charge in [-0.1, -0.05) is 23.2 Å². The van der Waals surface area contributed by atoms with E-state index in [2.05, 4.69) is 10.3 Å². The second kappa shape index (κ2) is 5.72. The van der Waals surface area contributed by atoms with Crippen LogP contribution in [0, 0.1) is 0 Å². The topological polar surface area (TPSA) is 68.9 Å². The number of pyridine rings is 1. The van der Waals surface area contributed by atoms with Gasteiger partial charge in [-0.3, -0.25) is 13.9 Å². The normalized spacial score (nSPS) is 11.0. The molecule has 0 radical (unpaired) electrons. The number of carbonyl (C=O) groups excluding carboxylic acids is 1.